The van der Waals surface area contributed by atoms with Gasteiger partial charge < -0.3 is 16.4 Å². The fourth-order valence-corrected chi connectivity index (χ4v) is 1.82. The summed E-state index contributed by atoms with van der Waals surface area (Å²) in [6.07, 6.45) is 1.15. The first-order valence-electron chi connectivity index (χ1n) is 7.14. The van der Waals surface area contributed by atoms with Crippen molar-refractivity contribution in [2.45, 2.75) is 33.6 Å². The van der Waals surface area contributed by atoms with Gasteiger partial charge in [0.05, 0.1) is 6.54 Å². The Kier molecular flexibility index (Phi) is 6.21. The quantitative estimate of drug-likeness (QED) is 0.694. The average molecular weight is 291 g/mol. The fourth-order valence-electron chi connectivity index (χ4n) is 1.82. The molecule has 1 rings (SSSR count). The molecule has 0 saturated carbocycles. The van der Waals surface area contributed by atoms with Crippen molar-refractivity contribution in [3.05, 3.63) is 29.8 Å². The van der Waals surface area contributed by atoms with Crippen molar-refractivity contribution < 1.29 is 9.59 Å². The summed E-state index contributed by atoms with van der Waals surface area (Å²) >= 11 is 0. The van der Waals surface area contributed by atoms with Gasteiger partial charge in [0.1, 0.15) is 0 Å². The van der Waals surface area contributed by atoms with Crippen molar-refractivity contribution in [1.29, 1.82) is 0 Å². The van der Waals surface area contributed by atoms with E-state index in [-0.39, 0.29) is 23.8 Å². The molecule has 0 bridgehead atoms. The van der Waals surface area contributed by atoms with E-state index in [2.05, 4.69) is 10.6 Å². The van der Waals surface area contributed by atoms with Gasteiger partial charge in [-0.05, 0) is 29.5 Å². The van der Waals surface area contributed by atoms with Crippen molar-refractivity contribution >= 4 is 17.5 Å². The Bertz CT molecular complexity index is 475. The maximum absolute atomic E-state index is 11.6. The minimum absolute atomic E-state index is 0.0245. The summed E-state index contributed by atoms with van der Waals surface area (Å²) in [7, 11) is 0. The number of carbonyl (C=O) groups excluding carboxylic acids is 2. The van der Waals surface area contributed by atoms with E-state index >= 15 is 0 Å². The first kappa shape index (κ1) is 17.0. The third-order valence-corrected chi connectivity index (χ3v) is 2.85. The number of rotatable bonds is 6. The SMILES string of the molecule is CC(C)(C)CC(=O)NCC(=O)NCCc1ccc(N)cc1. The maximum Gasteiger partial charge on any atom is 0.239 e. The van der Waals surface area contributed by atoms with Crippen molar-refractivity contribution in [3.8, 4) is 0 Å². The lowest BCUT2D eigenvalue weighted by atomic mass is 9.92. The lowest BCUT2D eigenvalue weighted by Gasteiger charge is -2.17. The standard InChI is InChI=1S/C16H25N3O2/c1-16(2,3)10-14(20)19-11-15(21)18-9-8-12-4-6-13(17)7-5-12/h4-7H,8-11,17H2,1-3H3,(H,18,21)(H,19,20). The maximum atomic E-state index is 11.6. The number of amides is 2. The zero-order valence-electron chi connectivity index (χ0n) is 13.0. The van der Waals surface area contributed by atoms with Crippen molar-refractivity contribution in [2.75, 3.05) is 18.8 Å². The minimum atomic E-state index is -0.173. The van der Waals surface area contributed by atoms with Crippen LogP contribution in [0.2, 0.25) is 0 Å². The molecule has 2 amide bonds. The van der Waals surface area contributed by atoms with E-state index < -0.39 is 0 Å². The van der Waals surface area contributed by atoms with Gasteiger partial charge in [0.2, 0.25) is 11.8 Å². The number of nitrogens with two attached hydrogens (primary N) is 1. The zero-order valence-corrected chi connectivity index (χ0v) is 13.0. The molecule has 0 aromatic heterocycles. The second-order valence-corrected chi connectivity index (χ2v) is 6.36. The summed E-state index contributed by atoms with van der Waals surface area (Å²) in [4.78, 5) is 23.2. The van der Waals surface area contributed by atoms with E-state index in [1.54, 1.807) is 0 Å². The number of anilines is 1. The van der Waals surface area contributed by atoms with Gasteiger partial charge in [0, 0.05) is 18.7 Å². The molecule has 5 heteroatoms. The van der Waals surface area contributed by atoms with E-state index in [1.165, 1.54) is 0 Å². The second-order valence-electron chi connectivity index (χ2n) is 6.36. The van der Waals surface area contributed by atoms with Crippen LogP contribution in [0.25, 0.3) is 0 Å². The first-order chi connectivity index (χ1) is 9.76. The van der Waals surface area contributed by atoms with Gasteiger partial charge in [0.25, 0.3) is 0 Å². The molecule has 0 heterocycles. The summed E-state index contributed by atoms with van der Waals surface area (Å²) in [5.41, 5.74) is 7.37. The number of carbonyl (C=O) groups is 2. The molecule has 0 spiro atoms. The molecule has 0 saturated heterocycles. The summed E-state index contributed by atoms with van der Waals surface area (Å²) in [5.74, 6) is -0.274. The molecule has 0 atom stereocenters. The van der Waals surface area contributed by atoms with E-state index in [9.17, 15) is 9.59 Å². The van der Waals surface area contributed by atoms with Crippen molar-refractivity contribution in [3.63, 3.8) is 0 Å². The zero-order chi connectivity index (χ0) is 15.9. The Morgan fingerprint density at radius 2 is 1.67 bits per heavy atom. The summed E-state index contributed by atoms with van der Waals surface area (Å²) in [6.45, 7) is 6.52. The topological polar surface area (TPSA) is 84.2 Å². The van der Waals surface area contributed by atoms with E-state index in [1.807, 2.05) is 45.0 Å². The Morgan fingerprint density at radius 1 is 1.05 bits per heavy atom. The molecule has 0 fully saturated rings. The monoisotopic (exact) mass is 291 g/mol. The van der Waals surface area contributed by atoms with Gasteiger partial charge in [-0.15, -0.1) is 0 Å². The van der Waals surface area contributed by atoms with Crippen LogP contribution in [0.15, 0.2) is 24.3 Å². The third kappa shape index (κ3) is 7.97. The number of nitrogen functional groups attached to an aromatic ring is 1. The highest BCUT2D eigenvalue weighted by atomic mass is 16.2. The largest absolute Gasteiger partial charge is 0.399 e. The van der Waals surface area contributed by atoms with Crippen LogP contribution in [-0.4, -0.2) is 24.9 Å². The summed E-state index contributed by atoms with van der Waals surface area (Å²) < 4.78 is 0. The molecular weight excluding hydrogens is 266 g/mol. The van der Waals surface area contributed by atoms with Gasteiger partial charge in [-0.3, -0.25) is 9.59 Å². The Hall–Kier alpha value is -2.04. The smallest absolute Gasteiger partial charge is 0.239 e. The number of hydrogen-bond donors (Lipinski definition) is 3. The fraction of sp³-hybridized carbons (Fsp3) is 0.500. The lowest BCUT2D eigenvalue weighted by molar-refractivity contribution is -0.127. The number of nitrogens with one attached hydrogen (secondary N) is 2. The molecule has 0 aliphatic heterocycles. The highest BCUT2D eigenvalue weighted by Crippen LogP contribution is 2.17. The summed E-state index contributed by atoms with van der Waals surface area (Å²) in [6, 6.07) is 7.55. The first-order valence-corrected chi connectivity index (χ1v) is 7.14. The van der Waals surface area contributed by atoms with E-state index in [0.717, 1.165) is 17.7 Å². The molecule has 0 aliphatic carbocycles. The van der Waals surface area contributed by atoms with Gasteiger partial charge in [-0.1, -0.05) is 32.9 Å². The third-order valence-electron chi connectivity index (χ3n) is 2.85. The Labute approximate surface area is 126 Å². The number of hydrogen-bond acceptors (Lipinski definition) is 3. The van der Waals surface area contributed by atoms with E-state index in [0.29, 0.717) is 13.0 Å². The molecule has 0 radical (unpaired) electrons. The average Bonchev–Trinajstić information content (AvgIpc) is 2.37. The van der Waals surface area contributed by atoms with Crippen LogP contribution >= 0.6 is 0 Å². The van der Waals surface area contributed by atoms with Crippen LogP contribution in [0.1, 0.15) is 32.8 Å². The van der Waals surface area contributed by atoms with Crippen LogP contribution in [0.4, 0.5) is 5.69 Å². The summed E-state index contributed by atoms with van der Waals surface area (Å²) in [5, 5.41) is 5.41. The molecule has 5 nitrogen and oxygen atoms in total. The van der Waals surface area contributed by atoms with Crippen LogP contribution < -0.4 is 16.4 Å². The second kappa shape index (κ2) is 7.67. The van der Waals surface area contributed by atoms with Gasteiger partial charge in [0.15, 0.2) is 0 Å². The van der Waals surface area contributed by atoms with Crippen LogP contribution in [0.5, 0.6) is 0 Å². The molecule has 4 N–H and O–H groups in total. The minimum Gasteiger partial charge on any atom is -0.399 e. The number of benzene rings is 1. The normalized spacial score (nSPS) is 11.0. The lowest BCUT2D eigenvalue weighted by Crippen LogP contribution is -2.38. The molecule has 116 valence electrons. The predicted octanol–water partition coefficient (Wildman–Crippen LogP) is 1.48. The van der Waals surface area contributed by atoms with Gasteiger partial charge in [-0.2, -0.15) is 0 Å². The van der Waals surface area contributed by atoms with Crippen molar-refractivity contribution in [1.82, 2.24) is 10.6 Å². The molecule has 1 aromatic rings. The Morgan fingerprint density at radius 3 is 2.24 bits per heavy atom. The van der Waals surface area contributed by atoms with E-state index in [4.69, 9.17) is 5.73 Å². The van der Waals surface area contributed by atoms with Crippen LogP contribution in [-0.2, 0) is 16.0 Å². The van der Waals surface area contributed by atoms with Gasteiger partial charge >= 0.3 is 0 Å². The van der Waals surface area contributed by atoms with Crippen LogP contribution in [0.3, 0.4) is 0 Å². The Balaban J connectivity index is 2.19. The highest BCUT2D eigenvalue weighted by Gasteiger charge is 2.16. The van der Waals surface area contributed by atoms with Crippen molar-refractivity contribution in [2.24, 2.45) is 5.41 Å². The van der Waals surface area contributed by atoms with Crippen LogP contribution in [0, 0.1) is 5.41 Å². The predicted molar refractivity (Wildman–Crippen MR) is 84.6 cm³/mol. The van der Waals surface area contributed by atoms with Gasteiger partial charge in [-0.25, -0.2) is 0 Å². The molecule has 0 aliphatic rings. The molecular formula is C16H25N3O2. The molecule has 1 aromatic carbocycles. The molecule has 21 heavy (non-hydrogen) atoms. The molecule has 0 unspecified atom stereocenters. The highest BCUT2D eigenvalue weighted by molar-refractivity contribution is 5.84.